The van der Waals surface area contributed by atoms with Crippen molar-refractivity contribution in [2.75, 3.05) is 13.1 Å². The normalized spacial score (nSPS) is 19.6. The van der Waals surface area contributed by atoms with E-state index in [1.807, 2.05) is 13.0 Å². The van der Waals surface area contributed by atoms with E-state index in [1.165, 1.54) is 17.7 Å². The van der Waals surface area contributed by atoms with Crippen molar-refractivity contribution < 1.29 is 4.39 Å². The van der Waals surface area contributed by atoms with Crippen LogP contribution in [0.25, 0.3) is 0 Å². The molecule has 2 nitrogen and oxygen atoms in total. The van der Waals surface area contributed by atoms with Crippen LogP contribution in [-0.2, 0) is 6.54 Å². The zero-order valence-corrected chi connectivity index (χ0v) is 15.1. The van der Waals surface area contributed by atoms with Crippen LogP contribution in [0.2, 0.25) is 10.0 Å². The molecule has 0 aliphatic carbocycles. The summed E-state index contributed by atoms with van der Waals surface area (Å²) in [5, 5.41) is 4.12. The van der Waals surface area contributed by atoms with Crippen molar-refractivity contribution in [3.05, 3.63) is 69.5 Å². The fourth-order valence-corrected chi connectivity index (χ4v) is 3.81. The molecule has 1 aliphatic rings. The molecule has 0 spiro atoms. The summed E-state index contributed by atoms with van der Waals surface area (Å²) in [5.41, 5.74) is 2.08. The first-order valence-corrected chi connectivity index (χ1v) is 8.95. The molecule has 1 saturated heterocycles. The minimum atomic E-state index is -0.429. The second kappa shape index (κ2) is 7.83. The average Bonchev–Trinajstić information content (AvgIpc) is 2.98. The first-order valence-electron chi connectivity index (χ1n) is 8.19. The lowest BCUT2D eigenvalue weighted by Gasteiger charge is -2.22. The second-order valence-corrected chi connectivity index (χ2v) is 7.20. The Hall–Kier alpha value is -1.13. The highest BCUT2D eigenvalue weighted by molar-refractivity contribution is 6.35. The number of rotatable bonds is 5. The minimum Gasteiger partial charge on any atom is -0.306 e. The van der Waals surface area contributed by atoms with Gasteiger partial charge in [0.05, 0.1) is 5.02 Å². The molecule has 1 N–H and O–H groups in total. The van der Waals surface area contributed by atoms with Gasteiger partial charge in [0.15, 0.2) is 0 Å². The maximum atomic E-state index is 13.7. The number of halogens is 3. The summed E-state index contributed by atoms with van der Waals surface area (Å²) in [6.07, 6.45) is 1.07. The minimum absolute atomic E-state index is 0.0223. The van der Waals surface area contributed by atoms with Gasteiger partial charge in [0.25, 0.3) is 0 Å². The van der Waals surface area contributed by atoms with Gasteiger partial charge < -0.3 is 5.32 Å². The van der Waals surface area contributed by atoms with Crippen LogP contribution in [-0.4, -0.2) is 24.0 Å². The van der Waals surface area contributed by atoms with Crippen LogP contribution in [0.1, 0.15) is 30.5 Å². The lowest BCUT2D eigenvalue weighted by Crippen LogP contribution is -2.34. The zero-order chi connectivity index (χ0) is 17.1. The van der Waals surface area contributed by atoms with Crippen molar-refractivity contribution >= 4 is 23.2 Å². The number of benzene rings is 2. The monoisotopic (exact) mass is 366 g/mol. The highest BCUT2D eigenvalue weighted by Gasteiger charge is 2.24. The maximum Gasteiger partial charge on any atom is 0.142 e. The molecule has 2 atom stereocenters. The molecular weight excluding hydrogens is 346 g/mol. The number of hydrogen-bond acceptors (Lipinski definition) is 2. The van der Waals surface area contributed by atoms with E-state index < -0.39 is 5.82 Å². The van der Waals surface area contributed by atoms with E-state index in [9.17, 15) is 4.39 Å². The Kier molecular flexibility index (Phi) is 5.77. The third-order valence-electron chi connectivity index (χ3n) is 4.51. The summed E-state index contributed by atoms with van der Waals surface area (Å²) in [4.78, 5) is 2.43. The quantitative estimate of drug-likeness (QED) is 0.744. The Morgan fingerprint density at radius 1 is 1.21 bits per heavy atom. The molecule has 0 aromatic heterocycles. The lowest BCUT2D eigenvalue weighted by molar-refractivity contribution is 0.316. The SMILES string of the molecule is CC(NC1CCN(Cc2ccccc2)C1)c1cc(F)c(Cl)cc1Cl. The largest absolute Gasteiger partial charge is 0.306 e. The van der Waals surface area contributed by atoms with Crippen LogP contribution in [0.15, 0.2) is 42.5 Å². The smallest absolute Gasteiger partial charge is 0.142 e. The number of likely N-dealkylation sites (tertiary alicyclic amines) is 1. The van der Waals surface area contributed by atoms with Gasteiger partial charge in [-0.1, -0.05) is 53.5 Å². The van der Waals surface area contributed by atoms with E-state index in [-0.39, 0.29) is 11.1 Å². The predicted octanol–water partition coefficient (Wildman–Crippen LogP) is 5.06. The first kappa shape index (κ1) is 17.7. The van der Waals surface area contributed by atoms with Gasteiger partial charge in [-0.05, 0) is 36.6 Å². The topological polar surface area (TPSA) is 15.3 Å². The number of nitrogens with one attached hydrogen (secondary N) is 1. The van der Waals surface area contributed by atoms with Gasteiger partial charge in [-0.25, -0.2) is 4.39 Å². The van der Waals surface area contributed by atoms with E-state index >= 15 is 0 Å². The highest BCUT2D eigenvalue weighted by Crippen LogP contribution is 2.29. The Bertz CT molecular complexity index is 693. The van der Waals surface area contributed by atoms with Crippen molar-refractivity contribution in [3.8, 4) is 0 Å². The van der Waals surface area contributed by atoms with Gasteiger partial charge >= 0.3 is 0 Å². The molecule has 1 heterocycles. The van der Waals surface area contributed by atoms with Crippen molar-refractivity contribution in [1.29, 1.82) is 0 Å². The van der Waals surface area contributed by atoms with Gasteiger partial charge in [-0.3, -0.25) is 4.90 Å². The van der Waals surface area contributed by atoms with Crippen LogP contribution in [0.3, 0.4) is 0 Å². The third kappa shape index (κ3) is 4.28. The lowest BCUT2D eigenvalue weighted by atomic mass is 10.1. The molecule has 2 aromatic carbocycles. The maximum absolute atomic E-state index is 13.7. The van der Waals surface area contributed by atoms with Gasteiger partial charge in [0, 0.05) is 36.7 Å². The standard InChI is InChI=1S/C19H21Cl2FN2/c1-13(16-9-19(22)18(21)10-17(16)20)23-15-7-8-24(12-15)11-14-5-3-2-4-6-14/h2-6,9-10,13,15,23H,7-8,11-12H2,1H3. The summed E-state index contributed by atoms with van der Waals surface area (Å²) in [5.74, 6) is -0.429. The van der Waals surface area contributed by atoms with E-state index in [2.05, 4.69) is 34.5 Å². The van der Waals surface area contributed by atoms with Gasteiger partial charge in [0.1, 0.15) is 5.82 Å². The Balaban J connectivity index is 1.58. The van der Waals surface area contributed by atoms with Crippen LogP contribution in [0.4, 0.5) is 4.39 Å². The Labute approximate surface area is 152 Å². The number of hydrogen-bond donors (Lipinski definition) is 1. The zero-order valence-electron chi connectivity index (χ0n) is 13.6. The molecule has 24 heavy (non-hydrogen) atoms. The van der Waals surface area contributed by atoms with Crippen LogP contribution < -0.4 is 5.32 Å². The molecule has 1 fully saturated rings. The van der Waals surface area contributed by atoms with Gasteiger partial charge in [0.2, 0.25) is 0 Å². The molecule has 0 bridgehead atoms. The molecule has 2 aromatic rings. The molecule has 0 amide bonds. The summed E-state index contributed by atoms with van der Waals surface area (Å²) in [7, 11) is 0. The average molecular weight is 367 g/mol. The molecule has 5 heteroatoms. The molecule has 0 saturated carbocycles. The van der Waals surface area contributed by atoms with E-state index in [4.69, 9.17) is 23.2 Å². The van der Waals surface area contributed by atoms with Crippen molar-refractivity contribution in [1.82, 2.24) is 10.2 Å². The summed E-state index contributed by atoms with van der Waals surface area (Å²) < 4.78 is 13.7. The fourth-order valence-electron chi connectivity index (χ4n) is 3.27. The molecule has 3 rings (SSSR count). The molecule has 1 aliphatic heterocycles. The van der Waals surface area contributed by atoms with Crippen molar-refractivity contribution in [2.24, 2.45) is 0 Å². The predicted molar refractivity (Wildman–Crippen MR) is 98.1 cm³/mol. The Morgan fingerprint density at radius 3 is 2.71 bits per heavy atom. The highest BCUT2D eigenvalue weighted by atomic mass is 35.5. The van der Waals surface area contributed by atoms with Crippen LogP contribution >= 0.6 is 23.2 Å². The summed E-state index contributed by atoms with van der Waals surface area (Å²) >= 11 is 12.0. The van der Waals surface area contributed by atoms with E-state index in [0.717, 1.165) is 31.6 Å². The first-order chi connectivity index (χ1) is 11.5. The Morgan fingerprint density at radius 2 is 1.96 bits per heavy atom. The number of nitrogens with zero attached hydrogens (tertiary/aromatic N) is 1. The van der Waals surface area contributed by atoms with E-state index in [0.29, 0.717) is 11.1 Å². The molecular formula is C19H21Cl2FN2. The molecule has 128 valence electrons. The van der Waals surface area contributed by atoms with Crippen molar-refractivity contribution in [2.45, 2.75) is 32.0 Å². The van der Waals surface area contributed by atoms with Crippen molar-refractivity contribution in [3.63, 3.8) is 0 Å². The second-order valence-electron chi connectivity index (χ2n) is 6.38. The van der Waals surface area contributed by atoms with Crippen LogP contribution in [0.5, 0.6) is 0 Å². The van der Waals surface area contributed by atoms with Gasteiger partial charge in [-0.15, -0.1) is 0 Å². The summed E-state index contributed by atoms with van der Waals surface area (Å²) in [6, 6.07) is 13.7. The fraction of sp³-hybridized carbons (Fsp3) is 0.368. The molecule has 0 radical (unpaired) electrons. The van der Waals surface area contributed by atoms with E-state index in [1.54, 1.807) is 0 Å². The summed E-state index contributed by atoms with van der Waals surface area (Å²) in [6.45, 7) is 5.01. The molecule has 2 unspecified atom stereocenters. The third-order valence-corrected chi connectivity index (χ3v) is 5.13. The van der Waals surface area contributed by atoms with Gasteiger partial charge in [-0.2, -0.15) is 0 Å². The van der Waals surface area contributed by atoms with Crippen LogP contribution in [0, 0.1) is 5.82 Å².